The van der Waals surface area contributed by atoms with Crippen molar-refractivity contribution in [3.05, 3.63) is 229 Å². The Bertz CT molecular complexity index is 3180. The SMILES string of the molecule is c1ccc(N(c2ccc3c(c2)c2ccccc2n3-c2ccccc2)c2cccc3c2-c2ccccc2C32c3ccccc3Oc3c2ccc2ccccc32)cc1. The van der Waals surface area contributed by atoms with E-state index < -0.39 is 5.41 Å². The third kappa shape index (κ3) is 4.17. The van der Waals surface area contributed by atoms with Gasteiger partial charge in [-0.2, -0.15) is 0 Å². The molecule has 1 unspecified atom stereocenters. The van der Waals surface area contributed by atoms with Crippen molar-refractivity contribution in [2.75, 3.05) is 4.90 Å². The summed E-state index contributed by atoms with van der Waals surface area (Å²) < 4.78 is 9.30. The van der Waals surface area contributed by atoms with Crippen molar-refractivity contribution in [3.8, 4) is 28.3 Å². The number of nitrogens with zero attached hydrogens (tertiary/aromatic N) is 2. The molecule has 2 heterocycles. The zero-order chi connectivity index (χ0) is 36.8. The van der Waals surface area contributed by atoms with Gasteiger partial charge in [-0.25, -0.2) is 0 Å². The lowest BCUT2D eigenvalue weighted by molar-refractivity contribution is 0.441. The van der Waals surface area contributed by atoms with Gasteiger partial charge < -0.3 is 14.2 Å². The number of hydrogen-bond acceptors (Lipinski definition) is 2. The van der Waals surface area contributed by atoms with Crippen LogP contribution in [0.25, 0.3) is 49.4 Å². The Labute approximate surface area is 324 Å². The van der Waals surface area contributed by atoms with Gasteiger partial charge in [0.25, 0.3) is 0 Å². The first kappa shape index (κ1) is 31.0. The highest BCUT2D eigenvalue weighted by atomic mass is 16.5. The number of para-hydroxylation sites is 4. The van der Waals surface area contributed by atoms with Gasteiger partial charge in [-0.3, -0.25) is 0 Å². The predicted octanol–water partition coefficient (Wildman–Crippen LogP) is 13.9. The molecule has 1 aromatic heterocycles. The van der Waals surface area contributed by atoms with Crippen molar-refractivity contribution in [2.45, 2.75) is 5.41 Å². The van der Waals surface area contributed by atoms with E-state index in [4.69, 9.17) is 4.74 Å². The molecule has 2 aliphatic rings. The van der Waals surface area contributed by atoms with Crippen LogP contribution >= 0.6 is 0 Å². The van der Waals surface area contributed by atoms with E-state index in [2.05, 4.69) is 216 Å². The molecular formula is C53H34N2O. The number of anilines is 3. The van der Waals surface area contributed by atoms with Gasteiger partial charge >= 0.3 is 0 Å². The molecule has 0 saturated carbocycles. The van der Waals surface area contributed by atoms with Crippen LogP contribution in [0.2, 0.25) is 0 Å². The van der Waals surface area contributed by atoms with Crippen molar-refractivity contribution in [2.24, 2.45) is 0 Å². The lowest BCUT2D eigenvalue weighted by Crippen LogP contribution is -2.32. The summed E-state index contributed by atoms with van der Waals surface area (Å²) in [7, 11) is 0. The summed E-state index contributed by atoms with van der Waals surface area (Å²) in [5.74, 6) is 1.82. The maximum Gasteiger partial charge on any atom is 0.140 e. The van der Waals surface area contributed by atoms with Crippen molar-refractivity contribution >= 4 is 49.6 Å². The highest BCUT2D eigenvalue weighted by molar-refractivity contribution is 6.11. The van der Waals surface area contributed by atoms with Crippen LogP contribution in [0.5, 0.6) is 11.5 Å². The van der Waals surface area contributed by atoms with E-state index in [1.54, 1.807) is 0 Å². The fourth-order valence-corrected chi connectivity index (χ4v) is 9.80. The fraction of sp³-hybridized carbons (Fsp3) is 0.0189. The maximum atomic E-state index is 6.92. The standard InChI is InChI=1S/C53H34N2O/c1-3-17-36(18-4-1)54(38-31-33-48-42(34-38)40-22-10-13-27-47(40)55(48)37-19-5-2-6-20-37)49-28-15-26-45-51(49)41-23-9-11-24-43(41)53(45)44-25-12-14-29-50(44)56-52-39-21-8-7-16-35(39)30-32-46(52)53/h1-34H. The molecule has 56 heavy (non-hydrogen) atoms. The quantitative estimate of drug-likeness (QED) is 0.181. The van der Waals surface area contributed by atoms with E-state index in [0.717, 1.165) is 45.2 Å². The van der Waals surface area contributed by atoms with Crippen LogP contribution in [-0.2, 0) is 5.41 Å². The molecule has 0 radical (unpaired) electrons. The largest absolute Gasteiger partial charge is 0.456 e. The Morgan fingerprint density at radius 3 is 1.98 bits per heavy atom. The Kier molecular flexibility index (Phi) is 6.55. The van der Waals surface area contributed by atoms with E-state index in [1.165, 1.54) is 55.0 Å². The second-order valence-corrected chi connectivity index (χ2v) is 14.8. The van der Waals surface area contributed by atoms with Crippen LogP contribution in [0, 0.1) is 0 Å². The first-order valence-corrected chi connectivity index (χ1v) is 19.3. The Hall–Kier alpha value is -7.36. The van der Waals surface area contributed by atoms with Gasteiger partial charge in [-0.1, -0.05) is 146 Å². The molecule has 1 atom stereocenters. The number of fused-ring (bicyclic) bond motifs is 14. The molecule has 3 heteroatoms. The lowest BCUT2D eigenvalue weighted by atomic mass is 9.65. The molecule has 0 N–H and O–H groups in total. The zero-order valence-corrected chi connectivity index (χ0v) is 30.4. The molecular weight excluding hydrogens is 681 g/mol. The van der Waals surface area contributed by atoms with Gasteiger partial charge in [0.05, 0.1) is 22.1 Å². The monoisotopic (exact) mass is 714 g/mol. The lowest BCUT2D eigenvalue weighted by Gasteiger charge is -2.40. The Morgan fingerprint density at radius 2 is 1.11 bits per heavy atom. The third-order valence-electron chi connectivity index (χ3n) is 12.0. The van der Waals surface area contributed by atoms with Crippen molar-refractivity contribution < 1.29 is 4.74 Å². The molecule has 1 aliphatic carbocycles. The highest BCUT2D eigenvalue weighted by Crippen LogP contribution is 2.64. The molecule has 1 spiro atoms. The summed E-state index contributed by atoms with van der Waals surface area (Å²) >= 11 is 0. The van der Waals surface area contributed by atoms with Crippen LogP contribution < -0.4 is 9.64 Å². The fourth-order valence-electron chi connectivity index (χ4n) is 9.80. The van der Waals surface area contributed by atoms with Gasteiger partial charge in [0.15, 0.2) is 0 Å². The van der Waals surface area contributed by atoms with Crippen molar-refractivity contribution in [1.82, 2.24) is 4.57 Å². The van der Waals surface area contributed by atoms with E-state index in [0.29, 0.717) is 0 Å². The number of rotatable bonds is 4. The average Bonchev–Trinajstić information content (AvgIpc) is 3.75. The van der Waals surface area contributed by atoms with Crippen molar-refractivity contribution in [3.63, 3.8) is 0 Å². The molecule has 0 fully saturated rings. The molecule has 1 aliphatic heterocycles. The smallest absolute Gasteiger partial charge is 0.140 e. The van der Waals surface area contributed by atoms with Gasteiger partial charge in [-0.15, -0.1) is 0 Å². The van der Waals surface area contributed by atoms with Crippen LogP contribution in [0.4, 0.5) is 17.1 Å². The summed E-state index contributed by atoms with van der Waals surface area (Å²) in [6.45, 7) is 0. The second-order valence-electron chi connectivity index (χ2n) is 14.8. The van der Waals surface area contributed by atoms with Crippen LogP contribution in [0.1, 0.15) is 22.3 Å². The minimum atomic E-state index is -0.592. The minimum Gasteiger partial charge on any atom is -0.456 e. The van der Waals surface area contributed by atoms with Crippen LogP contribution in [0.3, 0.4) is 0 Å². The Balaban J connectivity index is 1.16. The van der Waals surface area contributed by atoms with E-state index in [9.17, 15) is 0 Å². The summed E-state index contributed by atoms with van der Waals surface area (Å²) in [5.41, 5.74) is 13.6. The number of ether oxygens (including phenoxy) is 1. The van der Waals surface area contributed by atoms with Gasteiger partial charge in [0, 0.05) is 49.9 Å². The second kappa shape index (κ2) is 11.8. The molecule has 10 aromatic rings. The summed E-state index contributed by atoms with van der Waals surface area (Å²) in [4.78, 5) is 2.45. The molecule has 3 nitrogen and oxygen atoms in total. The molecule has 9 aromatic carbocycles. The molecule has 262 valence electrons. The summed E-state index contributed by atoms with van der Waals surface area (Å²) in [6.07, 6.45) is 0. The molecule has 0 saturated heterocycles. The normalized spacial score (nSPS) is 15.0. The number of hydrogen-bond donors (Lipinski definition) is 0. The maximum absolute atomic E-state index is 6.92. The molecule has 0 amide bonds. The topological polar surface area (TPSA) is 17.4 Å². The zero-order valence-electron chi connectivity index (χ0n) is 30.4. The van der Waals surface area contributed by atoms with E-state index >= 15 is 0 Å². The minimum absolute atomic E-state index is 0.592. The predicted molar refractivity (Wildman–Crippen MR) is 230 cm³/mol. The van der Waals surface area contributed by atoms with E-state index in [1.807, 2.05) is 0 Å². The molecule has 0 bridgehead atoms. The Morgan fingerprint density at radius 1 is 0.429 bits per heavy atom. The molecule has 12 rings (SSSR count). The van der Waals surface area contributed by atoms with Crippen LogP contribution in [-0.4, -0.2) is 4.57 Å². The highest BCUT2D eigenvalue weighted by Gasteiger charge is 2.52. The van der Waals surface area contributed by atoms with Crippen molar-refractivity contribution in [1.29, 1.82) is 0 Å². The average molecular weight is 715 g/mol. The van der Waals surface area contributed by atoms with Gasteiger partial charge in [0.1, 0.15) is 11.5 Å². The number of benzene rings is 9. The first-order valence-electron chi connectivity index (χ1n) is 19.3. The first-order chi connectivity index (χ1) is 27.8. The van der Waals surface area contributed by atoms with Gasteiger partial charge in [-0.05, 0) is 82.7 Å². The third-order valence-corrected chi connectivity index (χ3v) is 12.0. The number of aromatic nitrogens is 1. The summed E-state index contributed by atoms with van der Waals surface area (Å²) in [6, 6.07) is 74.9. The van der Waals surface area contributed by atoms with E-state index in [-0.39, 0.29) is 0 Å². The summed E-state index contributed by atoms with van der Waals surface area (Å²) in [5, 5.41) is 4.73. The van der Waals surface area contributed by atoms with Gasteiger partial charge in [0.2, 0.25) is 0 Å². The van der Waals surface area contributed by atoms with Crippen LogP contribution in [0.15, 0.2) is 206 Å².